The lowest BCUT2D eigenvalue weighted by atomic mass is 9.81. The number of hydrogen-bond acceptors (Lipinski definition) is 8. The Balaban J connectivity index is 1.40. The van der Waals surface area contributed by atoms with E-state index < -0.39 is 17.3 Å². The summed E-state index contributed by atoms with van der Waals surface area (Å²) >= 11 is 1.36. The van der Waals surface area contributed by atoms with Gasteiger partial charge in [-0.1, -0.05) is 12.1 Å². The molecule has 0 saturated heterocycles. The van der Waals surface area contributed by atoms with Gasteiger partial charge in [-0.05, 0) is 66.4 Å². The van der Waals surface area contributed by atoms with Crippen LogP contribution in [-0.2, 0) is 21.5 Å². The number of carbonyl (C=O) groups excluding carboxylic acids is 2. The molecule has 3 aromatic carbocycles. The zero-order valence-electron chi connectivity index (χ0n) is 22.2. The van der Waals surface area contributed by atoms with Crippen LogP contribution >= 0.6 is 11.3 Å². The quantitative estimate of drug-likeness (QED) is 0.258. The molecule has 5 rings (SSSR count). The molecule has 0 bridgehead atoms. The topological polar surface area (TPSA) is 98.8 Å². The number of nitrogens with zero attached hydrogens (tertiary/aromatic N) is 1. The number of anilines is 1. The average molecular weight is 562 g/mol. The summed E-state index contributed by atoms with van der Waals surface area (Å²) in [6.45, 7) is 2.67. The van der Waals surface area contributed by atoms with E-state index in [1.807, 2.05) is 19.1 Å². The Hall–Kier alpha value is -4.28. The van der Waals surface area contributed by atoms with Gasteiger partial charge in [0, 0.05) is 41.7 Å². The van der Waals surface area contributed by atoms with Crippen molar-refractivity contribution in [2.24, 2.45) is 0 Å². The van der Waals surface area contributed by atoms with Gasteiger partial charge in [-0.2, -0.15) is 0 Å². The van der Waals surface area contributed by atoms with Crippen molar-refractivity contribution in [1.29, 1.82) is 0 Å². The van der Waals surface area contributed by atoms with E-state index in [9.17, 15) is 9.59 Å². The van der Waals surface area contributed by atoms with E-state index in [0.29, 0.717) is 39.9 Å². The largest absolute Gasteiger partial charge is 0.493 e. The van der Waals surface area contributed by atoms with Gasteiger partial charge in [0.15, 0.2) is 16.6 Å². The lowest BCUT2D eigenvalue weighted by Gasteiger charge is -2.37. The third-order valence-corrected chi connectivity index (χ3v) is 7.56. The van der Waals surface area contributed by atoms with Crippen LogP contribution in [0.15, 0.2) is 66.2 Å². The van der Waals surface area contributed by atoms with Crippen molar-refractivity contribution in [3.05, 3.63) is 88.7 Å². The molecule has 2 N–H and O–H groups in total. The molecular weight excluding hydrogens is 533 g/mol. The monoisotopic (exact) mass is 561 g/mol. The van der Waals surface area contributed by atoms with Crippen molar-refractivity contribution in [3.8, 4) is 28.4 Å². The smallest absolute Gasteiger partial charge is 0.337 e. The molecule has 0 fully saturated rings. The minimum absolute atomic E-state index is 0.159. The number of fused-ring (bicyclic) bond motifs is 1. The summed E-state index contributed by atoms with van der Waals surface area (Å²) in [6, 6.07) is 14.9. The molecule has 0 saturated carbocycles. The van der Waals surface area contributed by atoms with Crippen LogP contribution in [-0.4, -0.2) is 37.6 Å². The highest BCUT2D eigenvalue weighted by molar-refractivity contribution is 7.13. The van der Waals surface area contributed by atoms with E-state index in [2.05, 4.69) is 15.6 Å². The molecular formula is C30H28FN3O5S. The van der Waals surface area contributed by atoms with Crippen LogP contribution < -0.4 is 20.1 Å². The van der Waals surface area contributed by atoms with Crippen molar-refractivity contribution in [3.63, 3.8) is 0 Å². The Morgan fingerprint density at radius 2 is 1.90 bits per heavy atom. The Morgan fingerprint density at radius 3 is 2.58 bits per heavy atom. The first kappa shape index (κ1) is 27.3. The number of aromatic nitrogens is 1. The molecule has 2 heterocycles. The molecule has 1 aliphatic heterocycles. The number of benzene rings is 3. The predicted octanol–water partition coefficient (Wildman–Crippen LogP) is 5.93. The lowest BCUT2D eigenvalue weighted by Crippen LogP contribution is -2.47. The Morgan fingerprint density at radius 1 is 1.10 bits per heavy atom. The van der Waals surface area contributed by atoms with Crippen LogP contribution in [0, 0.1) is 5.82 Å². The summed E-state index contributed by atoms with van der Waals surface area (Å²) in [5.41, 5.74) is 2.65. The van der Waals surface area contributed by atoms with Crippen molar-refractivity contribution < 1.29 is 28.2 Å². The summed E-state index contributed by atoms with van der Waals surface area (Å²) < 4.78 is 31.6. The van der Waals surface area contributed by atoms with Gasteiger partial charge in [0.1, 0.15) is 11.6 Å². The van der Waals surface area contributed by atoms with Gasteiger partial charge in [0.2, 0.25) is 5.91 Å². The second kappa shape index (κ2) is 11.4. The lowest BCUT2D eigenvalue weighted by molar-refractivity contribution is -0.117. The van der Waals surface area contributed by atoms with E-state index in [0.717, 1.165) is 17.5 Å². The van der Waals surface area contributed by atoms with Gasteiger partial charge in [0.05, 0.1) is 19.8 Å². The van der Waals surface area contributed by atoms with Crippen LogP contribution in [0.5, 0.6) is 17.2 Å². The van der Waals surface area contributed by atoms with E-state index in [1.165, 1.54) is 24.5 Å². The van der Waals surface area contributed by atoms with Gasteiger partial charge in [-0.25, -0.2) is 14.2 Å². The van der Waals surface area contributed by atoms with Gasteiger partial charge in [-0.15, -0.1) is 11.3 Å². The molecule has 40 heavy (non-hydrogen) atoms. The number of amides is 1. The maximum absolute atomic E-state index is 15.2. The maximum Gasteiger partial charge on any atom is 0.337 e. The third-order valence-electron chi connectivity index (χ3n) is 6.87. The summed E-state index contributed by atoms with van der Waals surface area (Å²) in [7, 11) is 2.86. The van der Waals surface area contributed by atoms with Crippen LogP contribution in [0.25, 0.3) is 11.1 Å². The average Bonchev–Trinajstić information content (AvgIpc) is 3.45. The number of rotatable bonds is 8. The number of methoxy groups -OCH3 is 2. The predicted molar refractivity (Wildman–Crippen MR) is 151 cm³/mol. The number of nitrogens with one attached hydrogen (secondary N) is 2. The first-order valence-electron chi connectivity index (χ1n) is 12.6. The van der Waals surface area contributed by atoms with E-state index in [1.54, 1.807) is 55.1 Å². The minimum atomic E-state index is -0.662. The minimum Gasteiger partial charge on any atom is -0.493 e. The highest BCUT2D eigenvalue weighted by Crippen LogP contribution is 2.41. The molecule has 1 atom stereocenters. The molecule has 1 amide bonds. The number of esters is 1. The Labute approximate surface area is 235 Å². The van der Waals surface area contributed by atoms with Crippen LogP contribution in [0.2, 0.25) is 0 Å². The summed E-state index contributed by atoms with van der Waals surface area (Å²) in [4.78, 5) is 28.7. The van der Waals surface area contributed by atoms with Crippen LogP contribution in [0.4, 0.5) is 9.52 Å². The van der Waals surface area contributed by atoms with Crippen molar-refractivity contribution in [1.82, 2.24) is 10.3 Å². The third kappa shape index (κ3) is 5.68. The van der Waals surface area contributed by atoms with Crippen LogP contribution in [0.1, 0.15) is 34.8 Å². The summed E-state index contributed by atoms with van der Waals surface area (Å²) in [5.74, 6) is 0.113. The first-order chi connectivity index (χ1) is 19.3. The molecule has 0 aliphatic carbocycles. The molecule has 0 radical (unpaired) electrons. The summed E-state index contributed by atoms with van der Waals surface area (Å²) in [6.07, 6.45) is 2.58. The fourth-order valence-electron chi connectivity index (χ4n) is 4.88. The number of ether oxygens (including phenoxy) is 3. The maximum atomic E-state index is 15.2. The second-order valence-electron chi connectivity index (χ2n) is 9.54. The summed E-state index contributed by atoms with van der Waals surface area (Å²) in [5, 5.41) is 8.68. The standard InChI is InChI=1S/C30H28FN3O5S/c1-30(17-27(35)34-29-32-12-13-40-29)23-16-26(25(37-2)14-20(23)10-11-33-30)39-21-8-9-22(24(31)15-21)18-4-6-19(7-5-18)28(36)38-3/h4-9,12-16,33H,10-11,17H2,1-3H3,(H,32,34,35)/t30-/m1/s1. The Bertz CT molecular complexity index is 1540. The zero-order valence-corrected chi connectivity index (χ0v) is 23.1. The number of halogens is 1. The molecule has 0 spiro atoms. The molecule has 10 heteroatoms. The SMILES string of the molecule is COC(=O)c1ccc(-c2ccc(Oc3cc4c(cc3OC)CCN[C@]4(C)CC(=O)Nc3nccs3)cc2F)cc1. The molecule has 206 valence electrons. The van der Waals surface area contributed by atoms with Gasteiger partial charge < -0.3 is 24.8 Å². The van der Waals surface area contributed by atoms with Crippen LogP contribution in [0.3, 0.4) is 0 Å². The molecule has 8 nitrogen and oxygen atoms in total. The van der Waals surface area contributed by atoms with E-state index >= 15 is 4.39 Å². The molecule has 4 aromatic rings. The fourth-order valence-corrected chi connectivity index (χ4v) is 5.43. The van der Waals surface area contributed by atoms with Crippen molar-refractivity contribution in [2.45, 2.75) is 25.3 Å². The number of thiazole rings is 1. The van der Waals surface area contributed by atoms with Gasteiger partial charge in [0.25, 0.3) is 0 Å². The van der Waals surface area contributed by atoms with Gasteiger partial charge >= 0.3 is 5.97 Å². The van der Waals surface area contributed by atoms with Gasteiger partial charge in [-0.3, -0.25) is 4.79 Å². The zero-order chi connectivity index (χ0) is 28.3. The number of carbonyl (C=O) groups is 2. The highest BCUT2D eigenvalue weighted by atomic mass is 32.1. The number of hydrogen-bond donors (Lipinski definition) is 2. The van der Waals surface area contributed by atoms with Crippen molar-refractivity contribution >= 4 is 28.3 Å². The molecule has 0 unspecified atom stereocenters. The van der Waals surface area contributed by atoms with E-state index in [4.69, 9.17) is 14.2 Å². The van der Waals surface area contributed by atoms with Crippen molar-refractivity contribution in [2.75, 3.05) is 26.1 Å². The molecule has 1 aromatic heterocycles. The van der Waals surface area contributed by atoms with E-state index in [-0.39, 0.29) is 18.1 Å². The fraction of sp³-hybridized carbons (Fsp3) is 0.233. The highest BCUT2D eigenvalue weighted by Gasteiger charge is 2.35. The Kier molecular flexibility index (Phi) is 7.81. The second-order valence-corrected chi connectivity index (χ2v) is 10.4. The first-order valence-corrected chi connectivity index (χ1v) is 13.5. The normalized spacial score (nSPS) is 16.1. The molecule has 1 aliphatic rings.